The van der Waals surface area contributed by atoms with Crippen molar-refractivity contribution in [2.75, 3.05) is 0 Å². The van der Waals surface area contributed by atoms with Crippen LogP contribution >= 0.6 is 0 Å². The maximum Gasteiger partial charge on any atom is 0.303 e. The third-order valence-corrected chi connectivity index (χ3v) is 5.59. The van der Waals surface area contributed by atoms with E-state index in [1.807, 2.05) is 13.8 Å². The number of ketones is 1. The molecule has 7 heteroatoms. The predicted octanol–water partition coefficient (Wildman–Crippen LogP) is 3.51. The highest BCUT2D eigenvalue weighted by Gasteiger charge is 2.42. The molecule has 29 heavy (non-hydrogen) atoms. The van der Waals surface area contributed by atoms with E-state index in [0.717, 1.165) is 0 Å². The van der Waals surface area contributed by atoms with Crippen LogP contribution in [0.1, 0.15) is 74.9 Å². The van der Waals surface area contributed by atoms with Crippen molar-refractivity contribution in [3.63, 3.8) is 0 Å². The maximum absolute atomic E-state index is 13.0. The fourth-order valence-electron chi connectivity index (χ4n) is 3.95. The number of aromatic hydroxyl groups is 1. The first kappa shape index (κ1) is 21.2. The van der Waals surface area contributed by atoms with Crippen molar-refractivity contribution in [2.24, 2.45) is 5.92 Å². The Balaban J connectivity index is 2.35. The Labute approximate surface area is 170 Å². The lowest BCUT2D eigenvalue weighted by Gasteiger charge is -2.37. The second kappa shape index (κ2) is 7.37. The molecule has 0 saturated carbocycles. The molecule has 1 aromatic rings. The van der Waals surface area contributed by atoms with Gasteiger partial charge in [0, 0.05) is 11.5 Å². The predicted molar refractivity (Wildman–Crippen MR) is 107 cm³/mol. The van der Waals surface area contributed by atoms with E-state index < -0.39 is 35.6 Å². The normalized spacial score (nSPS) is 24.0. The Morgan fingerprint density at radius 3 is 2.52 bits per heavy atom. The van der Waals surface area contributed by atoms with Crippen LogP contribution in [0.3, 0.4) is 0 Å². The molecule has 0 bridgehead atoms. The number of phenols is 1. The number of carbonyl (C=O) groups is 2. The van der Waals surface area contributed by atoms with Crippen molar-refractivity contribution >= 4 is 17.8 Å². The molecule has 4 atom stereocenters. The van der Waals surface area contributed by atoms with E-state index in [-0.39, 0.29) is 35.7 Å². The van der Waals surface area contributed by atoms with Gasteiger partial charge in [0.05, 0.1) is 24.0 Å². The van der Waals surface area contributed by atoms with E-state index in [4.69, 9.17) is 9.47 Å². The topological polar surface area (TPSA) is 113 Å². The number of hydrogen-bond donors (Lipinski definition) is 3. The van der Waals surface area contributed by atoms with Gasteiger partial charge in [-0.25, -0.2) is 0 Å². The highest BCUT2D eigenvalue weighted by atomic mass is 16.5. The molecule has 2 heterocycles. The first-order chi connectivity index (χ1) is 13.4. The van der Waals surface area contributed by atoms with Gasteiger partial charge in [0.1, 0.15) is 34.5 Å². The summed E-state index contributed by atoms with van der Waals surface area (Å²) in [6.07, 6.45) is 2.10. The summed E-state index contributed by atoms with van der Waals surface area (Å²) in [4.78, 5) is 24.6. The standard InChI is InChI=1S/C22H28O7/c1-10(23)8-13(9-15(24)25)16-20-14(6-7-22(4,5)29-20)19(27)17-18(26)11(2)12(3)28-21(16)17/h6-7,10-13,23,27H,8-9H2,1-5H3,(H,24,25)/t10-,11-,12+,13+/m1/s1. The number of hydrogen-bond acceptors (Lipinski definition) is 6. The van der Waals surface area contributed by atoms with Gasteiger partial charge in [-0.15, -0.1) is 0 Å². The van der Waals surface area contributed by atoms with Gasteiger partial charge >= 0.3 is 5.97 Å². The number of aliphatic hydroxyl groups is 1. The zero-order chi connectivity index (χ0) is 21.7. The van der Waals surface area contributed by atoms with E-state index in [0.29, 0.717) is 16.9 Å². The van der Waals surface area contributed by atoms with Crippen LogP contribution in [0.25, 0.3) is 6.08 Å². The molecule has 0 saturated heterocycles. The molecule has 0 aliphatic carbocycles. The minimum atomic E-state index is -1.04. The van der Waals surface area contributed by atoms with Crippen molar-refractivity contribution < 1.29 is 34.4 Å². The summed E-state index contributed by atoms with van der Waals surface area (Å²) in [7, 11) is 0. The Bertz CT molecular complexity index is 882. The molecule has 2 aliphatic heterocycles. The molecule has 0 amide bonds. The molecule has 7 nitrogen and oxygen atoms in total. The van der Waals surface area contributed by atoms with E-state index in [2.05, 4.69) is 0 Å². The number of carbonyl (C=O) groups excluding carboxylic acids is 1. The van der Waals surface area contributed by atoms with Crippen molar-refractivity contribution in [3.05, 3.63) is 22.8 Å². The number of phenolic OH excluding ortho intramolecular Hbond substituents is 1. The third kappa shape index (κ3) is 3.83. The van der Waals surface area contributed by atoms with Crippen molar-refractivity contribution in [1.29, 1.82) is 0 Å². The molecule has 0 radical (unpaired) electrons. The van der Waals surface area contributed by atoms with Crippen molar-refractivity contribution in [2.45, 2.75) is 71.2 Å². The average molecular weight is 404 g/mol. The van der Waals surface area contributed by atoms with Gasteiger partial charge in [0.2, 0.25) is 0 Å². The molecule has 2 aliphatic rings. The second-order valence-electron chi connectivity index (χ2n) is 8.60. The Kier molecular flexibility index (Phi) is 5.38. The SMILES string of the molecule is C[C@@H]1Oc2c(c(O)c3c(c2[C@H](CC(=O)O)C[C@@H](C)O)OC(C)(C)C=C3)C(=O)[C@@H]1C. The molecule has 0 aromatic heterocycles. The summed E-state index contributed by atoms with van der Waals surface area (Å²) < 4.78 is 12.2. The average Bonchev–Trinajstić information content (AvgIpc) is 2.57. The number of aliphatic carboxylic acids is 1. The number of carboxylic acid groups (broad SMARTS) is 1. The summed E-state index contributed by atoms with van der Waals surface area (Å²) in [5.41, 5.74) is 0.107. The highest BCUT2D eigenvalue weighted by molar-refractivity contribution is 6.06. The van der Waals surface area contributed by atoms with Gasteiger partial charge in [-0.3, -0.25) is 9.59 Å². The third-order valence-electron chi connectivity index (χ3n) is 5.59. The Morgan fingerprint density at radius 1 is 1.28 bits per heavy atom. The van der Waals surface area contributed by atoms with Crippen LogP contribution in [0.2, 0.25) is 0 Å². The number of fused-ring (bicyclic) bond motifs is 2. The minimum Gasteiger partial charge on any atom is -0.506 e. The van der Waals surface area contributed by atoms with Crippen LogP contribution in [-0.2, 0) is 4.79 Å². The lowest BCUT2D eigenvalue weighted by molar-refractivity contribution is -0.137. The summed E-state index contributed by atoms with van der Waals surface area (Å²) >= 11 is 0. The van der Waals surface area contributed by atoms with Gasteiger partial charge in [-0.05, 0) is 46.3 Å². The zero-order valence-electron chi connectivity index (χ0n) is 17.4. The van der Waals surface area contributed by atoms with Gasteiger partial charge < -0.3 is 24.8 Å². The summed E-state index contributed by atoms with van der Waals surface area (Å²) in [6.45, 7) is 8.75. The molecular formula is C22H28O7. The van der Waals surface area contributed by atoms with Gasteiger partial charge in [-0.1, -0.05) is 6.92 Å². The van der Waals surface area contributed by atoms with E-state index >= 15 is 0 Å². The fraction of sp³-hybridized carbons (Fsp3) is 0.545. The van der Waals surface area contributed by atoms with Crippen LogP contribution in [0.15, 0.2) is 6.08 Å². The summed E-state index contributed by atoms with van der Waals surface area (Å²) in [5.74, 6) is -2.18. The van der Waals surface area contributed by atoms with Crippen molar-refractivity contribution in [1.82, 2.24) is 0 Å². The number of rotatable bonds is 5. The maximum atomic E-state index is 13.0. The molecule has 3 rings (SSSR count). The molecule has 158 valence electrons. The largest absolute Gasteiger partial charge is 0.506 e. The quantitative estimate of drug-likeness (QED) is 0.688. The number of aliphatic hydroxyl groups excluding tert-OH is 1. The molecule has 3 N–H and O–H groups in total. The van der Waals surface area contributed by atoms with Crippen LogP contribution in [0.4, 0.5) is 0 Å². The van der Waals surface area contributed by atoms with Crippen LogP contribution in [0, 0.1) is 5.92 Å². The first-order valence-electron chi connectivity index (χ1n) is 9.84. The lowest BCUT2D eigenvalue weighted by Crippen LogP contribution is -2.36. The van der Waals surface area contributed by atoms with E-state index in [1.54, 1.807) is 32.9 Å². The summed E-state index contributed by atoms with van der Waals surface area (Å²) in [6, 6.07) is 0. The second-order valence-corrected chi connectivity index (χ2v) is 8.60. The van der Waals surface area contributed by atoms with Gasteiger partial charge in [0.15, 0.2) is 5.78 Å². The van der Waals surface area contributed by atoms with Gasteiger partial charge in [-0.2, -0.15) is 0 Å². The number of benzene rings is 1. The Hall–Kier alpha value is -2.54. The van der Waals surface area contributed by atoms with Crippen LogP contribution in [0.5, 0.6) is 17.2 Å². The molecule has 0 fully saturated rings. The molecule has 0 spiro atoms. The first-order valence-corrected chi connectivity index (χ1v) is 9.84. The van der Waals surface area contributed by atoms with Crippen LogP contribution < -0.4 is 9.47 Å². The zero-order valence-corrected chi connectivity index (χ0v) is 17.4. The van der Waals surface area contributed by atoms with Crippen LogP contribution in [-0.4, -0.2) is 44.9 Å². The smallest absolute Gasteiger partial charge is 0.303 e. The lowest BCUT2D eigenvalue weighted by atomic mass is 9.81. The minimum absolute atomic E-state index is 0.0540. The molecular weight excluding hydrogens is 376 g/mol. The number of ether oxygens (including phenoxy) is 2. The summed E-state index contributed by atoms with van der Waals surface area (Å²) in [5, 5.41) is 30.4. The molecule has 0 unspecified atom stereocenters. The highest BCUT2D eigenvalue weighted by Crippen LogP contribution is 2.53. The van der Waals surface area contributed by atoms with Gasteiger partial charge in [0.25, 0.3) is 0 Å². The number of carboxylic acids is 1. The monoisotopic (exact) mass is 404 g/mol. The fourth-order valence-corrected chi connectivity index (χ4v) is 3.95. The van der Waals surface area contributed by atoms with Crippen molar-refractivity contribution in [3.8, 4) is 17.2 Å². The van der Waals surface area contributed by atoms with E-state index in [9.17, 15) is 24.9 Å². The Morgan fingerprint density at radius 2 is 1.93 bits per heavy atom. The molecule has 1 aromatic carbocycles. The number of Topliss-reactive ketones (excluding diaryl/α,β-unsaturated/α-hetero) is 1. The van der Waals surface area contributed by atoms with E-state index in [1.165, 1.54) is 0 Å².